The van der Waals surface area contributed by atoms with Crippen LogP contribution in [0, 0.1) is 11.7 Å². The average molecular weight is 414 g/mol. The summed E-state index contributed by atoms with van der Waals surface area (Å²) in [5.74, 6) is 0.0558. The minimum absolute atomic E-state index is 0.0640. The molecule has 0 aliphatic carbocycles. The van der Waals surface area contributed by atoms with Crippen LogP contribution in [0.15, 0.2) is 58.5 Å². The van der Waals surface area contributed by atoms with Gasteiger partial charge in [0.25, 0.3) is 5.56 Å². The maximum atomic E-state index is 13.2. The van der Waals surface area contributed by atoms with Crippen LogP contribution in [0.4, 0.5) is 4.39 Å². The number of rotatable bonds is 7. The summed E-state index contributed by atoms with van der Waals surface area (Å²) in [7, 11) is 0. The fourth-order valence-corrected chi connectivity index (χ4v) is 3.57. The molecule has 1 aromatic heterocycles. The topological polar surface area (TPSA) is 64.0 Å². The maximum Gasteiger partial charge on any atom is 0.262 e. The fourth-order valence-electron chi connectivity index (χ4n) is 2.76. The molecule has 3 rings (SSSR count). The van der Waals surface area contributed by atoms with Crippen molar-refractivity contribution >= 4 is 28.6 Å². The molecule has 7 heteroatoms. The van der Waals surface area contributed by atoms with Crippen LogP contribution in [0.2, 0.25) is 0 Å². The first-order valence-corrected chi connectivity index (χ1v) is 10.5. The number of nitrogens with zero attached hydrogens (tertiary/aromatic N) is 2. The molecule has 3 aromatic rings. The van der Waals surface area contributed by atoms with Gasteiger partial charge in [0.15, 0.2) is 5.16 Å². The van der Waals surface area contributed by atoms with Crippen molar-refractivity contribution in [3.05, 3.63) is 70.3 Å². The van der Waals surface area contributed by atoms with Gasteiger partial charge in [-0.2, -0.15) is 0 Å². The molecule has 29 heavy (non-hydrogen) atoms. The summed E-state index contributed by atoms with van der Waals surface area (Å²) in [6.07, 6.45) is 0. The quantitative estimate of drug-likeness (QED) is 0.472. The monoisotopic (exact) mass is 413 g/mol. The van der Waals surface area contributed by atoms with Crippen molar-refractivity contribution in [2.24, 2.45) is 5.92 Å². The van der Waals surface area contributed by atoms with Crippen molar-refractivity contribution in [3.8, 4) is 0 Å². The highest BCUT2D eigenvalue weighted by molar-refractivity contribution is 7.99. The molecule has 0 radical (unpaired) electrons. The van der Waals surface area contributed by atoms with Crippen LogP contribution in [-0.2, 0) is 11.3 Å². The standard InChI is InChI=1S/C22H24FN3O2S/c1-14(2)15(3)24-20(27)13-29-22-25-19-7-5-4-6-18(19)21(28)26(22)12-16-8-10-17(23)11-9-16/h4-11,14-15H,12-13H2,1-3H3,(H,24,27)/t15-/m0/s1. The van der Waals surface area contributed by atoms with Gasteiger partial charge in [-0.05, 0) is 42.7 Å². The van der Waals surface area contributed by atoms with Crippen LogP contribution >= 0.6 is 11.8 Å². The van der Waals surface area contributed by atoms with E-state index in [1.54, 1.807) is 34.9 Å². The van der Waals surface area contributed by atoms with Gasteiger partial charge in [0, 0.05) is 6.04 Å². The van der Waals surface area contributed by atoms with Gasteiger partial charge in [-0.3, -0.25) is 14.2 Å². The van der Waals surface area contributed by atoms with Crippen LogP contribution in [-0.4, -0.2) is 27.3 Å². The zero-order chi connectivity index (χ0) is 21.0. The van der Waals surface area contributed by atoms with E-state index in [-0.39, 0.29) is 35.6 Å². The van der Waals surface area contributed by atoms with Crippen LogP contribution in [0.25, 0.3) is 10.9 Å². The normalized spacial score (nSPS) is 12.3. The predicted molar refractivity (Wildman–Crippen MR) is 115 cm³/mol. The largest absolute Gasteiger partial charge is 0.353 e. The minimum atomic E-state index is -0.330. The van der Waals surface area contributed by atoms with E-state index in [0.29, 0.717) is 22.0 Å². The lowest BCUT2D eigenvalue weighted by Crippen LogP contribution is -2.37. The van der Waals surface area contributed by atoms with E-state index >= 15 is 0 Å². The Balaban J connectivity index is 1.90. The van der Waals surface area contributed by atoms with Gasteiger partial charge in [-0.25, -0.2) is 9.37 Å². The summed E-state index contributed by atoms with van der Waals surface area (Å²) in [6.45, 7) is 6.31. The second-order valence-electron chi connectivity index (χ2n) is 7.32. The number of carbonyl (C=O) groups excluding carboxylic acids is 1. The number of nitrogens with one attached hydrogen (secondary N) is 1. The third kappa shape index (κ3) is 5.23. The third-order valence-electron chi connectivity index (χ3n) is 4.80. The molecule has 1 amide bonds. The molecule has 0 saturated carbocycles. The summed E-state index contributed by atoms with van der Waals surface area (Å²) >= 11 is 1.23. The van der Waals surface area contributed by atoms with Crippen molar-refractivity contribution in [2.45, 2.75) is 38.5 Å². The van der Waals surface area contributed by atoms with E-state index in [1.165, 1.54) is 23.9 Å². The summed E-state index contributed by atoms with van der Waals surface area (Å²) in [6, 6.07) is 13.2. The lowest BCUT2D eigenvalue weighted by atomic mass is 10.1. The van der Waals surface area contributed by atoms with E-state index in [9.17, 15) is 14.0 Å². The number of benzene rings is 2. The van der Waals surface area contributed by atoms with Crippen molar-refractivity contribution in [2.75, 3.05) is 5.75 Å². The Kier molecular flexibility index (Phi) is 6.69. The number of hydrogen-bond donors (Lipinski definition) is 1. The summed E-state index contributed by atoms with van der Waals surface area (Å²) in [4.78, 5) is 30.0. The molecule has 0 fully saturated rings. The van der Waals surface area contributed by atoms with Crippen molar-refractivity contribution in [1.29, 1.82) is 0 Å². The van der Waals surface area contributed by atoms with Gasteiger partial charge in [0.1, 0.15) is 5.82 Å². The first-order valence-electron chi connectivity index (χ1n) is 9.51. The Labute approximate surface area is 173 Å². The molecule has 0 bridgehead atoms. The number of halogens is 1. The highest BCUT2D eigenvalue weighted by Crippen LogP contribution is 2.19. The van der Waals surface area contributed by atoms with Crippen molar-refractivity contribution < 1.29 is 9.18 Å². The lowest BCUT2D eigenvalue weighted by Gasteiger charge is -2.18. The zero-order valence-electron chi connectivity index (χ0n) is 16.7. The first-order chi connectivity index (χ1) is 13.8. The molecule has 0 saturated heterocycles. The molecule has 0 aliphatic heterocycles. The van der Waals surface area contributed by atoms with Gasteiger partial charge in [0.2, 0.25) is 5.91 Å². The number of hydrogen-bond acceptors (Lipinski definition) is 4. The Bertz CT molecular complexity index is 1060. The number of aromatic nitrogens is 2. The smallest absolute Gasteiger partial charge is 0.262 e. The Morgan fingerprint density at radius 1 is 1.14 bits per heavy atom. The van der Waals surface area contributed by atoms with E-state index in [2.05, 4.69) is 10.3 Å². The van der Waals surface area contributed by atoms with Crippen LogP contribution in [0.5, 0.6) is 0 Å². The van der Waals surface area contributed by atoms with Gasteiger partial charge >= 0.3 is 0 Å². The zero-order valence-corrected chi connectivity index (χ0v) is 17.5. The number of carbonyl (C=O) groups is 1. The molecule has 0 unspecified atom stereocenters. The number of amides is 1. The lowest BCUT2D eigenvalue weighted by molar-refractivity contribution is -0.119. The molecule has 0 spiro atoms. The molecule has 2 aromatic carbocycles. The fraction of sp³-hybridized carbons (Fsp3) is 0.318. The molecule has 0 aliphatic rings. The molecular weight excluding hydrogens is 389 g/mol. The van der Waals surface area contributed by atoms with Crippen LogP contribution in [0.3, 0.4) is 0 Å². The van der Waals surface area contributed by atoms with Crippen molar-refractivity contribution in [3.63, 3.8) is 0 Å². The maximum absolute atomic E-state index is 13.2. The molecule has 1 heterocycles. The molecule has 1 atom stereocenters. The van der Waals surface area contributed by atoms with E-state index in [1.807, 2.05) is 26.8 Å². The third-order valence-corrected chi connectivity index (χ3v) is 5.78. The van der Waals surface area contributed by atoms with Gasteiger partial charge in [0.05, 0.1) is 23.2 Å². The van der Waals surface area contributed by atoms with E-state index in [0.717, 1.165) is 5.56 Å². The summed E-state index contributed by atoms with van der Waals surface area (Å²) in [5.41, 5.74) is 1.19. The van der Waals surface area contributed by atoms with Crippen LogP contribution in [0.1, 0.15) is 26.3 Å². The number of thioether (sulfide) groups is 1. The van der Waals surface area contributed by atoms with Gasteiger partial charge < -0.3 is 5.32 Å². The van der Waals surface area contributed by atoms with Crippen LogP contribution < -0.4 is 10.9 Å². The second kappa shape index (κ2) is 9.22. The summed E-state index contributed by atoms with van der Waals surface area (Å²) < 4.78 is 14.8. The SMILES string of the molecule is CC(C)[C@H](C)NC(=O)CSc1nc2ccccc2c(=O)n1Cc1ccc(F)cc1. The van der Waals surface area contributed by atoms with Gasteiger partial charge in [-0.1, -0.05) is 49.9 Å². The predicted octanol–water partition coefficient (Wildman–Crippen LogP) is 3.84. The molecule has 5 nitrogen and oxygen atoms in total. The number of fused-ring (bicyclic) bond motifs is 1. The van der Waals surface area contributed by atoms with Gasteiger partial charge in [-0.15, -0.1) is 0 Å². The summed E-state index contributed by atoms with van der Waals surface area (Å²) in [5, 5.41) is 3.93. The second-order valence-corrected chi connectivity index (χ2v) is 8.26. The minimum Gasteiger partial charge on any atom is -0.353 e. The number of para-hydroxylation sites is 1. The Hall–Kier alpha value is -2.67. The Morgan fingerprint density at radius 2 is 1.83 bits per heavy atom. The van der Waals surface area contributed by atoms with E-state index in [4.69, 9.17) is 0 Å². The molecular formula is C22H24FN3O2S. The highest BCUT2D eigenvalue weighted by Gasteiger charge is 2.15. The highest BCUT2D eigenvalue weighted by atomic mass is 32.2. The average Bonchev–Trinajstić information content (AvgIpc) is 2.70. The first kappa shape index (κ1) is 21.0. The van der Waals surface area contributed by atoms with Crippen molar-refractivity contribution in [1.82, 2.24) is 14.9 Å². The molecule has 152 valence electrons. The Morgan fingerprint density at radius 3 is 2.52 bits per heavy atom. The molecule has 1 N–H and O–H groups in total. The van der Waals surface area contributed by atoms with E-state index < -0.39 is 0 Å².